The maximum absolute atomic E-state index is 14.1. The maximum Gasteiger partial charge on any atom is 0.133 e. The van der Waals surface area contributed by atoms with E-state index in [4.69, 9.17) is 5.73 Å². The Bertz CT molecular complexity index is 607. The quantitative estimate of drug-likeness (QED) is 0.877. The number of nitrogens with zero attached hydrogens (tertiary/aromatic N) is 2. The number of imidazole rings is 1. The summed E-state index contributed by atoms with van der Waals surface area (Å²) in [4.78, 5) is 4.56. The van der Waals surface area contributed by atoms with Crippen LogP contribution in [0.2, 0.25) is 0 Å². The molecule has 0 bridgehead atoms. The molecule has 0 spiro atoms. The number of hydrogen-bond donors (Lipinski definition) is 1. The zero-order chi connectivity index (χ0) is 14.7. The molecule has 0 saturated heterocycles. The molecule has 2 N–H and O–H groups in total. The third-order valence-electron chi connectivity index (χ3n) is 3.19. The normalized spacial score (nSPS) is 11.0. The van der Waals surface area contributed by atoms with Crippen molar-refractivity contribution in [3.8, 4) is 11.3 Å². The summed E-state index contributed by atoms with van der Waals surface area (Å²) >= 11 is 3.26. The molecular formula is C15H19BrFN3. The van der Waals surface area contributed by atoms with Gasteiger partial charge in [0.1, 0.15) is 23.2 Å². The van der Waals surface area contributed by atoms with Crippen LogP contribution < -0.4 is 5.73 Å². The summed E-state index contributed by atoms with van der Waals surface area (Å²) in [5.41, 5.74) is 7.19. The van der Waals surface area contributed by atoms with Gasteiger partial charge >= 0.3 is 0 Å². The van der Waals surface area contributed by atoms with Crippen molar-refractivity contribution in [2.45, 2.75) is 39.7 Å². The number of rotatable bonds is 5. The third-order valence-corrected chi connectivity index (χ3v) is 3.69. The van der Waals surface area contributed by atoms with E-state index in [1.54, 1.807) is 12.1 Å². The Kier molecular flexibility index (Phi) is 4.81. The molecule has 5 heteroatoms. The average Bonchev–Trinajstić information content (AvgIpc) is 2.69. The third kappa shape index (κ3) is 2.87. The lowest BCUT2D eigenvalue weighted by atomic mass is 10.1. The summed E-state index contributed by atoms with van der Waals surface area (Å²) in [7, 11) is 0. The van der Waals surface area contributed by atoms with Crippen LogP contribution in [0.4, 0.5) is 10.2 Å². The molecule has 1 heterocycles. The van der Waals surface area contributed by atoms with Crippen LogP contribution >= 0.6 is 15.9 Å². The van der Waals surface area contributed by atoms with Crippen LogP contribution in [0.25, 0.3) is 11.3 Å². The summed E-state index contributed by atoms with van der Waals surface area (Å²) in [6.45, 7) is 5.00. The lowest BCUT2D eigenvalue weighted by molar-refractivity contribution is 0.630. The molecule has 1 aromatic heterocycles. The fraction of sp³-hybridized carbons (Fsp3) is 0.400. The van der Waals surface area contributed by atoms with Crippen molar-refractivity contribution < 1.29 is 4.39 Å². The average molecular weight is 340 g/mol. The van der Waals surface area contributed by atoms with Crippen LogP contribution in [0.15, 0.2) is 22.7 Å². The molecule has 0 fully saturated rings. The van der Waals surface area contributed by atoms with E-state index in [-0.39, 0.29) is 5.82 Å². The summed E-state index contributed by atoms with van der Waals surface area (Å²) in [6, 6.07) is 4.95. The standard InChI is InChI=1S/C15H19BrFN3/c1-3-5-13-19-14(15(18)20(13)8-4-2)11-7-6-10(16)9-12(11)17/h6-7,9H,3-5,8,18H2,1-2H3. The molecule has 2 aromatic rings. The van der Waals surface area contributed by atoms with Crippen molar-refractivity contribution in [1.82, 2.24) is 9.55 Å². The summed E-state index contributed by atoms with van der Waals surface area (Å²) in [5, 5.41) is 0. The Hall–Kier alpha value is -1.36. The second-order valence-corrected chi connectivity index (χ2v) is 5.70. The molecule has 108 valence electrons. The van der Waals surface area contributed by atoms with Crippen molar-refractivity contribution in [3.63, 3.8) is 0 Å². The summed E-state index contributed by atoms with van der Waals surface area (Å²) < 4.78 is 16.8. The molecule has 0 unspecified atom stereocenters. The first-order valence-corrected chi connectivity index (χ1v) is 7.68. The van der Waals surface area contributed by atoms with E-state index in [0.717, 1.165) is 31.6 Å². The number of benzene rings is 1. The molecule has 20 heavy (non-hydrogen) atoms. The minimum absolute atomic E-state index is 0.310. The molecule has 3 nitrogen and oxygen atoms in total. The van der Waals surface area contributed by atoms with Crippen LogP contribution in [0.5, 0.6) is 0 Å². The van der Waals surface area contributed by atoms with Crippen molar-refractivity contribution >= 4 is 21.7 Å². The predicted molar refractivity (Wildman–Crippen MR) is 84.0 cm³/mol. The first kappa shape index (κ1) is 15.0. The van der Waals surface area contributed by atoms with Crippen molar-refractivity contribution in [3.05, 3.63) is 34.3 Å². The number of nitrogens with two attached hydrogens (primary N) is 1. The summed E-state index contributed by atoms with van der Waals surface area (Å²) in [5.74, 6) is 1.18. The van der Waals surface area contributed by atoms with E-state index >= 15 is 0 Å². The molecule has 0 amide bonds. The first-order valence-electron chi connectivity index (χ1n) is 6.88. The Morgan fingerprint density at radius 1 is 1.30 bits per heavy atom. The minimum Gasteiger partial charge on any atom is -0.383 e. The van der Waals surface area contributed by atoms with Crippen molar-refractivity contribution in [2.75, 3.05) is 5.73 Å². The fourth-order valence-corrected chi connectivity index (χ4v) is 2.61. The molecule has 0 radical (unpaired) electrons. The topological polar surface area (TPSA) is 43.8 Å². The van der Waals surface area contributed by atoms with E-state index in [1.165, 1.54) is 6.07 Å². The SMILES string of the molecule is CCCc1nc(-c2ccc(Br)cc2F)c(N)n1CCC. The van der Waals surface area contributed by atoms with E-state index < -0.39 is 0 Å². The number of anilines is 1. The van der Waals surface area contributed by atoms with Crippen molar-refractivity contribution in [1.29, 1.82) is 0 Å². The van der Waals surface area contributed by atoms with Crippen LogP contribution in [0.1, 0.15) is 32.5 Å². The highest BCUT2D eigenvalue weighted by atomic mass is 79.9. The van der Waals surface area contributed by atoms with Gasteiger partial charge in [0.25, 0.3) is 0 Å². The van der Waals surface area contributed by atoms with E-state index in [2.05, 4.69) is 34.8 Å². The van der Waals surface area contributed by atoms with E-state index in [1.807, 2.05) is 4.57 Å². The lowest BCUT2D eigenvalue weighted by Crippen LogP contribution is -2.06. The van der Waals surface area contributed by atoms with Gasteiger partial charge in [0.2, 0.25) is 0 Å². The summed E-state index contributed by atoms with van der Waals surface area (Å²) in [6.07, 6.45) is 2.81. The van der Waals surface area contributed by atoms with Crippen molar-refractivity contribution in [2.24, 2.45) is 0 Å². The first-order chi connectivity index (χ1) is 9.58. The maximum atomic E-state index is 14.1. The van der Waals surface area contributed by atoms with Crippen LogP contribution in [-0.4, -0.2) is 9.55 Å². The van der Waals surface area contributed by atoms with Gasteiger partial charge in [0.15, 0.2) is 0 Å². The molecule has 2 rings (SSSR count). The van der Waals surface area contributed by atoms with Gasteiger partial charge < -0.3 is 10.3 Å². The van der Waals surface area contributed by atoms with Crippen LogP contribution in [0.3, 0.4) is 0 Å². The fourth-order valence-electron chi connectivity index (χ4n) is 2.28. The molecule has 0 aliphatic carbocycles. The molecule has 0 atom stereocenters. The van der Waals surface area contributed by atoms with Gasteiger partial charge in [0.05, 0.1) is 0 Å². The molecule has 1 aromatic carbocycles. The van der Waals surface area contributed by atoms with Gasteiger partial charge in [-0.1, -0.05) is 29.8 Å². The van der Waals surface area contributed by atoms with Crippen LogP contribution in [0, 0.1) is 5.82 Å². The van der Waals surface area contributed by atoms with E-state index in [0.29, 0.717) is 21.5 Å². The molecule has 0 aliphatic rings. The Morgan fingerprint density at radius 3 is 2.65 bits per heavy atom. The largest absolute Gasteiger partial charge is 0.383 e. The molecule has 0 aliphatic heterocycles. The smallest absolute Gasteiger partial charge is 0.133 e. The Balaban J connectivity index is 2.53. The van der Waals surface area contributed by atoms with Gasteiger partial charge in [-0.2, -0.15) is 0 Å². The Morgan fingerprint density at radius 2 is 2.05 bits per heavy atom. The second kappa shape index (κ2) is 6.39. The van der Waals surface area contributed by atoms with E-state index in [9.17, 15) is 4.39 Å². The highest BCUT2D eigenvalue weighted by molar-refractivity contribution is 9.10. The van der Waals surface area contributed by atoms with Gasteiger partial charge in [0, 0.05) is 23.0 Å². The highest BCUT2D eigenvalue weighted by Crippen LogP contribution is 2.30. The number of halogens is 2. The van der Waals surface area contributed by atoms with Gasteiger partial charge in [-0.3, -0.25) is 0 Å². The predicted octanol–water partition coefficient (Wildman–Crippen LogP) is 4.40. The zero-order valence-corrected chi connectivity index (χ0v) is 13.4. The minimum atomic E-state index is -0.310. The van der Waals surface area contributed by atoms with Gasteiger partial charge in [-0.05, 0) is 31.0 Å². The van der Waals surface area contributed by atoms with Crippen LogP contribution in [-0.2, 0) is 13.0 Å². The van der Waals surface area contributed by atoms with Gasteiger partial charge in [-0.15, -0.1) is 0 Å². The lowest BCUT2D eigenvalue weighted by Gasteiger charge is -2.07. The molecular weight excluding hydrogens is 321 g/mol. The second-order valence-electron chi connectivity index (χ2n) is 4.79. The molecule has 0 saturated carbocycles. The number of aryl methyl sites for hydroxylation is 1. The number of nitrogen functional groups attached to an aromatic ring is 1. The monoisotopic (exact) mass is 339 g/mol. The zero-order valence-electron chi connectivity index (χ0n) is 11.8. The number of aromatic nitrogens is 2. The highest BCUT2D eigenvalue weighted by Gasteiger charge is 2.18. The Labute approximate surface area is 127 Å². The number of hydrogen-bond acceptors (Lipinski definition) is 2. The van der Waals surface area contributed by atoms with Gasteiger partial charge in [-0.25, -0.2) is 9.37 Å².